The molecule has 15 heavy (non-hydrogen) atoms. The number of amides is 2. The van der Waals surface area contributed by atoms with E-state index in [-0.39, 0.29) is 5.01 Å². The Morgan fingerprint density at radius 1 is 1.53 bits per heavy atom. The zero-order valence-corrected chi connectivity index (χ0v) is 8.32. The monoisotopic (exact) mass is 240 g/mol. The van der Waals surface area contributed by atoms with Crippen LogP contribution in [0.2, 0.25) is 0 Å². The Bertz CT molecular complexity index is 364. The zero-order chi connectivity index (χ0) is 11.6. The number of carbonyl (C=O) groups is 1. The Kier molecular flexibility index (Phi) is 3.12. The average molecular weight is 240 g/mol. The number of hydrogen-bond donors (Lipinski definition) is 2. The number of hydrogen-bond acceptors (Lipinski definition) is 4. The summed E-state index contributed by atoms with van der Waals surface area (Å²) in [4.78, 5) is 10.4. The van der Waals surface area contributed by atoms with E-state index >= 15 is 0 Å². The summed E-state index contributed by atoms with van der Waals surface area (Å²) in [6, 6.07) is -1.51. The number of carbonyl (C=O) groups excluding carboxylic acids is 1. The average Bonchev–Trinajstić information content (AvgIpc) is 2.48. The number of halogens is 3. The highest BCUT2D eigenvalue weighted by molar-refractivity contribution is 7.11. The molecule has 1 heterocycles. The molecule has 1 rings (SSSR count). The molecule has 84 valence electrons. The fourth-order valence-corrected chi connectivity index (χ4v) is 1.51. The van der Waals surface area contributed by atoms with E-state index in [2.05, 4.69) is 15.5 Å². The van der Waals surface area contributed by atoms with Gasteiger partial charge in [-0.2, -0.15) is 13.2 Å². The van der Waals surface area contributed by atoms with E-state index in [4.69, 9.17) is 5.73 Å². The van der Waals surface area contributed by atoms with Crippen LogP contribution in [-0.2, 0) is 6.18 Å². The van der Waals surface area contributed by atoms with Crippen LogP contribution in [0.5, 0.6) is 0 Å². The predicted octanol–water partition coefficient (Wildman–Crippen LogP) is 1.29. The first-order chi connectivity index (χ1) is 6.80. The van der Waals surface area contributed by atoms with Gasteiger partial charge >= 0.3 is 12.2 Å². The molecule has 0 saturated heterocycles. The molecule has 0 bridgehead atoms. The van der Waals surface area contributed by atoms with Gasteiger partial charge in [0.15, 0.2) is 0 Å². The van der Waals surface area contributed by atoms with Crippen molar-refractivity contribution in [2.45, 2.75) is 19.1 Å². The smallest absolute Gasteiger partial charge is 0.352 e. The van der Waals surface area contributed by atoms with Gasteiger partial charge in [-0.15, -0.1) is 10.2 Å². The molecule has 0 spiro atoms. The van der Waals surface area contributed by atoms with Crippen LogP contribution >= 0.6 is 11.3 Å². The molecule has 0 fully saturated rings. The van der Waals surface area contributed by atoms with E-state index in [9.17, 15) is 18.0 Å². The molecule has 3 N–H and O–H groups in total. The molecule has 0 aliphatic heterocycles. The molecular weight excluding hydrogens is 233 g/mol. The fourth-order valence-electron chi connectivity index (χ4n) is 0.799. The summed E-state index contributed by atoms with van der Waals surface area (Å²) in [5.41, 5.74) is 4.81. The van der Waals surface area contributed by atoms with Crippen LogP contribution in [-0.4, -0.2) is 16.2 Å². The lowest BCUT2D eigenvalue weighted by atomic mass is 10.4. The third-order valence-corrected chi connectivity index (χ3v) is 2.56. The van der Waals surface area contributed by atoms with Gasteiger partial charge in [0.2, 0.25) is 5.01 Å². The molecule has 0 radical (unpaired) electrons. The molecule has 0 aliphatic rings. The fraction of sp³-hybridized carbons (Fsp3) is 0.500. The maximum atomic E-state index is 12.1. The van der Waals surface area contributed by atoms with Crippen molar-refractivity contribution in [2.24, 2.45) is 5.73 Å². The number of primary amides is 1. The summed E-state index contributed by atoms with van der Waals surface area (Å²) in [7, 11) is 0. The summed E-state index contributed by atoms with van der Waals surface area (Å²) in [5, 5.41) is 7.50. The van der Waals surface area contributed by atoms with E-state index < -0.39 is 23.3 Å². The Labute approximate surface area is 86.5 Å². The number of urea groups is 1. The van der Waals surface area contributed by atoms with Crippen molar-refractivity contribution >= 4 is 17.4 Å². The van der Waals surface area contributed by atoms with Crippen LogP contribution in [0.25, 0.3) is 0 Å². The second kappa shape index (κ2) is 4.01. The van der Waals surface area contributed by atoms with Gasteiger partial charge in [-0.1, -0.05) is 11.3 Å². The lowest BCUT2D eigenvalue weighted by Gasteiger charge is -2.06. The van der Waals surface area contributed by atoms with Gasteiger partial charge in [0.1, 0.15) is 5.01 Å². The first-order valence-electron chi connectivity index (χ1n) is 3.77. The molecule has 0 aliphatic carbocycles. The second-order valence-electron chi connectivity index (χ2n) is 2.67. The molecule has 1 aromatic rings. The predicted molar refractivity (Wildman–Crippen MR) is 46.0 cm³/mol. The van der Waals surface area contributed by atoms with Gasteiger partial charge in [-0.3, -0.25) is 0 Å². The third-order valence-electron chi connectivity index (χ3n) is 1.41. The largest absolute Gasteiger partial charge is 0.445 e. The van der Waals surface area contributed by atoms with Crippen molar-refractivity contribution < 1.29 is 18.0 Å². The molecule has 1 aromatic heterocycles. The molecule has 0 saturated carbocycles. The molecule has 5 nitrogen and oxygen atoms in total. The Morgan fingerprint density at radius 3 is 2.53 bits per heavy atom. The van der Waals surface area contributed by atoms with Gasteiger partial charge < -0.3 is 11.1 Å². The normalized spacial score (nSPS) is 13.6. The summed E-state index contributed by atoms with van der Waals surface area (Å²) < 4.78 is 36.4. The van der Waals surface area contributed by atoms with Crippen LogP contribution in [0.4, 0.5) is 18.0 Å². The first-order valence-corrected chi connectivity index (χ1v) is 4.59. The minimum absolute atomic E-state index is 0.0566. The number of alkyl halides is 3. The van der Waals surface area contributed by atoms with Crippen LogP contribution in [0.3, 0.4) is 0 Å². The maximum Gasteiger partial charge on any atom is 0.445 e. The summed E-state index contributed by atoms with van der Waals surface area (Å²) in [6.07, 6.45) is -4.51. The van der Waals surface area contributed by atoms with Gasteiger partial charge in [0, 0.05) is 0 Å². The third kappa shape index (κ3) is 3.05. The summed E-state index contributed by atoms with van der Waals surface area (Å²) in [6.45, 7) is 1.46. The quantitative estimate of drug-likeness (QED) is 0.817. The van der Waals surface area contributed by atoms with Gasteiger partial charge in [0.05, 0.1) is 6.04 Å². The van der Waals surface area contributed by atoms with Crippen LogP contribution in [0, 0.1) is 0 Å². The van der Waals surface area contributed by atoms with Crippen LogP contribution in [0.15, 0.2) is 0 Å². The van der Waals surface area contributed by atoms with Crippen molar-refractivity contribution in [1.82, 2.24) is 15.5 Å². The Balaban J connectivity index is 2.80. The Hall–Kier alpha value is -1.38. The lowest BCUT2D eigenvalue weighted by molar-refractivity contribution is -0.138. The van der Waals surface area contributed by atoms with Crippen LogP contribution < -0.4 is 11.1 Å². The molecule has 1 atom stereocenters. The lowest BCUT2D eigenvalue weighted by Crippen LogP contribution is -2.31. The zero-order valence-electron chi connectivity index (χ0n) is 7.50. The number of nitrogens with zero attached hydrogens (tertiary/aromatic N) is 2. The number of aromatic nitrogens is 2. The van der Waals surface area contributed by atoms with Crippen LogP contribution in [0.1, 0.15) is 23.0 Å². The van der Waals surface area contributed by atoms with E-state index in [1.54, 1.807) is 0 Å². The SMILES string of the molecule is CC(NC(N)=O)c1nnc(C(F)(F)F)s1. The van der Waals surface area contributed by atoms with Crippen molar-refractivity contribution in [3.05, 3.63) is 10.0 Å². The number of nitrogens with two attached hydrogens (primary N) is 1. The highest BCUT2D eigenvalue weighted by Crippen LogP contribution is 2.32. The molecule has 0 aromatic carbocycles. The molecule has 9 heteroatoms. The topological polar surface area (TPSA) is 80.9 Å². The van der Waals surface area contributed by atoms with Crippen molar-refractivity contribution in [1.29, 1.82) is 0 Å². The van der Waals surface area contributed by atoms with Gasteiger partial charge in [-0.05, 0) is 6.92 Å². The summed E-state index contributed by atoms with van der Waals surface area (Å²) in [5.74, 6) is 0. The van der Waals surface area contributed by atoms with Gasteiger partial charge in [0.25, 0.3) is 0 Å². The minimum Gasteiger partial charge on any atom is -0.352 e. The number of rotatable bonds is 2. The molecule has 2 amide bonds. The summed E-state index contributed by atoms with van der Waals surface area (Å²) >= 11 is 0.372. The highest BCUT2D eigenvalue weighted by atomic mass is 32.1. The van der Waals surface area contributed by atoms with E-state index in [0.717, 1.165) is 0 Å². The molecule has 1 unspecified atom stereocenters. The molecular formula is C6H7F3N4OS. The van der Waals surface area contributed by atoms with Crippen molar-refractivity contribution in [3.63, 3.8) is 0 Å². The van der Waals surface area contributed by atoms with Gasteiger partial charge in [-0.25, -0.2) is 4.79 Å². The number of nitrogens with one attached hydrogen (secondary N) is 1. The minimum atomic E-state index is -4.51. The van der Waals surface area contributed by atoms with Crippen molar-refractivity contribution in [2.75, 3.05) is 0 Å². The van der Waals surface area contributed by atoms with E-state index in [0.29, 0.717) is 11.3 Å². The standard InChI is InChI=1S/C6H7F3N4OS/c1-2(11-5(10)14)3-12-13-4(15-3)6(7,8)9/h2H,1H3,(H3,10,11,14). The second-order valence-corrected chi connectivity index (χ2v) is 3.68. The highest BCUT2D eigenvalue weighted by Gasteiger charge is 2.36. The van der Waals surface area contributed by atoms with Crippen molar-refractivity contribution in [3.8, 4) is 0 Å². The van der Waals surface area contributed by atoms with E-state index in [1.165, 1.54) is 6.92 Å². The Morgan fingerprint density at radius 2 is 2.13 bits per heavy atom. The first kappa shape index (κ1) is 11.7. The maximum absolute atomic E-state index is 12.1. The van der Waals surface area contributed by atoms with E-state index in [1.807, 2.05) is 0 Å².